The minimum atomic E-state index is -0.737. The fourth-order valence-electron chi connectivity index (χ4n) is 3.00. The number of aliphatic hydroxyl groups is 2. The highest BCUT2D eigenvalue weighted by Crippen LogP contribution is 2.36. The Balaban J connectivity index is 2.31. The van der Waals surface area contributed by atoms with Gasteiger partial charge in [-0.1, -0.05) is 23.3 Å². The monoisotopic (exact) mass is 266 g/mol. The van der Waals surface area contributed by atoms with Crippen molar-refractivity contribution in [1.82, 2.24) is 0 Å². The van der Waals surface area contributed by atoms with E-state index in [1.54, 1.807) is 6.08 Å². The molecule has 0 bridgehead atoms. The highest BCUT2D eigenvalue weighted by atomic mass is 16.6. The van der Waals surface area contributed by atoms with Crippen LogP contribution in [0.25, 0.3) is 0 Å². The smallest absolute Gasteiger partial charge is 0.312 e. The first-order valence-electron chi connectivity index (χ1n) is 6.85. The van der Waals surface area contributed by atoms with E-state index in [2.05, 4.69) is 6.08 Å². The van der Waals surface area contributed by atoms with Gasteiger partial charge in [0.05, 0.1) is 18.6 Å². The number of carbonyl (C=O) groups excluding carboxylic acids is 1. The number of rotatable bonds is 1. The van der Waals surface area contributed by atoms with Crippen molar-refractivity contribution in [3.63, 3.8) is 0 Å². The molecular weight excluding hydrogens is 244 g/mol. The van der Waals surface area contributed by atoms with Crippen LogP contribution in [0.3, 0.4) is 0 Å². The average Bonchev–Trinajstić information content (AvgIpc) is 2.64. The Hall–Kier alpha value is -1.13. The minimum Gasteiger partial charge on any atom is -0.461 e. The molecule has 1 heterocycles. The van der Waals surface area contributed by atoms with E-state index in [4.69, 9.17) is 4.74 Å². The predicted molar refractivity (Wildman–Crippen MR) is 71.3 cm³/mol. The quantitative estimate of drug-likeness (QED) is 0.558. The molecule has 19 heavy (non-hydrogen) atoms. The summed E-state index contributed by atoms with van der Waals surface area (Å²) in [5, 5.41) is 19.7. The molecule has 0 amide bonds. The molecule has 4 atom stereocenters. The van der Waals surface area contributed by atoms with E-state index >= 15 is 0 Å². The number of carbonyl (C=O) groups is 1. The van der Waals surface area contributed by atoms with Crippen molar-refractivity contribution in [2.75, 3.05) is 6.61 Å². The molecule has 0 saturated carbocycles. The maximum Gasteiger partial charge on any atom is 0.312 e. The van der Waals surface area contributed by atoms with Crippen molar-refractivity contribution >= 4 is 5.97 Å². The van der Waals surface area contributed by atoms with Crippen LogP contribution >= 0.6 is 0 Å². The molecule has 1 fully saturated rings. The first kappa shape index (κ1) is 14.3. The topological polar surface area (TPSA) is 66.8 Å². The molecule has 1 aliphatic carbocycles. The minimum absolute atomic E-state index is 0.271. The normalized spacial score (nSPS) is 36.1. The number of esters is 1. The lowest BCUT2D eigenvalue weighted by atomic mass is 9.82. The standard InChI is InChI=1S/C15H22O4/c1-9-4-3-5-10(2)7-13-14(12(17)6-9)11(8-16)15(18)19-13/h5-6,11-14,16-17H,3-4,7-8H2,1-2H3. The van der Waals surface area contributed by atoms with Crippen molar-refractivity contribution in [2.45, 2.75) is 45.3 Å². The maximum absolute atomic E-state index is 11.8. The van der Waals surface area contributed by atoms with Gasteiger partial charge in [0.2, 0.25) is 0 Å². The van der Waals surface area contributed by atoms with E-state index in [-0.39, 0.29) is 18.6 Å². The van der Waals surface area contributed by atoms with E-state index in [1.807, 2.05) is 13.8 Å². The van der Waals surface area contributed by atoms with Crippen LogP contribution in [-0.2, 0) is 9.53 Å². The largest absolute Gasteiger partial charge is 0.461 e. The van der Waals surface area contributed by atoms with Gasteiger partial charge in [0, 0.05) is 12.3 Å². The Morgan fingerprint density at radius 2 is 2.11 bits per heavy atom. The molecular formula is C15H22O4. The van der Waals surface area contributed by atoms with Crippen LogP contribution < -0.4 is 0 Å². The average molecular weight is 266 g/mol. The van der Waals surface area contributed by atoms with Gasteiger partial charge in [-0.2, -0.15) is 0 Å². The molecule has 0 aromatic rings. The summed E-state index contributed by atoms with van der Waals surface area (Å²) in [6, 6.07) is 0. The number of hydrogen-bond donors (Lipinski definition) is 2. The summed E-state index contributed by atoms with van der Waals surface area (Å²) in [6.07, 6.45) is 5.37. The summed E-state index contributed by atoms with van der Waals surface area (Å²) in [7, 11) is 0. The molecule has 4 nitrogen and oxygen atoms in total. The third kappa shape index (κ3) is 3.07. The zero-order chi connectivity index (χ0) is 14.0. The summed E-state index contributed by atoms with van der Waals surface area (Å²) in [4.78, 5) is 11.8. The van der Waals surface area contributed by atoms with Crippen LogP contribution in [0.15, 0.2) is 23.3 Å². The SMILES string of the molecule is CC1=CC(O)C2C(CC(C)=CCC1)OC(=O)C2CO. The van der Waals surface area contributed by atoms with Gasteiger partial charge in [-0.25, -0.2) is 0 Å². The predicted octanol–water partition coefficient (Wildman–Crippen LogP) is 1.57. The first-order valence-corrected chi connectivity index (χ1v) is 6.85. The summed E-state index contributed by atoms with van der Waals surface area (Å²) in [5.74, 6) is -1.36. The molecule has 2 rings (SSSR count). The zero-order valence-electron chi connectivity index (χ0n) is 11.5. The third-order valence-electron chi connectivity index (χ3n) is 4.07. The summed E-state index contributed by atoms with van der Waals surface area (Å²) >= 11 is 0. The number of hydrogen-bond acceptors (Lipinski definition) is 4. The molecule has 1 saturated heterocycles. The van der Waals surface area contributed by atoms with Gasteiger partial charge in [0.25, 0.3) is 0 Å². The molecule has 106 valence electrons. The van der Waals surface area contributed by atoms with Crippen LogP contribution in [0, 0.1) is 11.8 Å². The van der Waals surface area contributed by atoms with Crippen LogP contribution in [0.2, 0.25) is 0 Å². The van der Waals surface area contributed by atoms with Crippen LogP contribution in [0.4, 0.5) is 0 Å². The molecule has 2 N–H and O–H groups in total. The van der Waals surface area contributed by atoms with Crippen molar-refractivity contribution in [3.8, 4) is 0 Å². The van der Waals surface area contributed by atoms with Crippen molar-refractivity contribution in [3.05, 3.63) is 23.3 Å². The molecule has 0 aromatic heterocycles. The van der Waals surface area contributed by atoms with Crippen LogP contribution in [0.1, 0.15) is 33.1 Å². The lowest BCUT2D eigenvalue weighted by Gasteiger charge is -2.25. The molecule has 4 unspecified atom stereocenters. The molecule has 0 aromatic carbocycles. The number of aliphatic hydroxyl groups excluding tert-OH is 2. The third-order valence-corrected chi connectivity index (χ3v) is 4.07. The zero-order valence-corrected chi connectivity index (χ0v) is 11.5. The Kier molecular flexibility index (Phi) is 4.42. The van der Waals surface area contributed by atoms with Crippen molar-refractivity contribution in [1.29, 1.82) is 0 Å². The molecule has 0 radical (unpaired) electrons. The fraction of sp³-hybridized carbons (Fsp3) is 0.667. The van der Waals surface area contributed by atoms with Gasteiger partial charge >= 0.3 is 5.97 Å². The Bertz CT molecular complexity index is 410. The van der Waals surface area contributed by atoms with E-state index in [0.29, 0.717) is 6.42 Å². The Morgan fingerprint density at radius 1 is 1.37 bits per heavy atom. The lowest BCUT2D eigenvalue weighted by molar-refractivity contribution is -0.145. The van der Waals surface area contributed by atoms with Crippen LogP contribution in [0.5, 0.6) is 0 Å². The molecule has 2 aliphatic rings. The second kappa shape index (κ2) is 5.88. The highest BCUT2D eigenvalue weighted by molar-refractivity contribution is 5.75. The summed E-state index contributed by atoms with van der Waals surface area (Å²) in [6.45, 7) is 3.73. The van der Waals surface area contributed by atoms with Crippen LogP contribution in [-0.4, -0.2) is 35.0 Å². The number of ether oxygens (including phenoxy) is 1. The van der Waals surface area contributed by atoms with Gasteiger partial charge in [-0.15, -0.1) is 0 Å². The van der Waals surface area contributed by atoms with Gasteiger partial charge in [-0.3, -0.25) is 4.79 Å². The van der Waals surface area contributed by atoms with Gasteiger partial charge in [-0.05, 0) is 26.7 Å². The second-order valence-electron chi connectivity index (χ2n) is 5.64. The van der Waals surface area contributed by atoms with E-state index in [0.717, 1.165) is 18.4 Å². The van der Waals surface area contributed by atoms with Gasteiger partial charge in [0.15, 0.2) is 0 Å². The number of fused-ring (bicyclic) bond motifs is 1. The van der Waals surface area contributed by atoms with E-state index < -0.39 is 18.0 Å². The van der Waals surface area contributed by atoms with E-state index in [1.165, 1.54) is 5.57 Å². The number of allylic oxidation sites excluding steroid dienone is 2. The van der Waals surface area contributed by atoms with Crippen molar-refractivity contribution in [2.24, 2.45) is 11.8 Å². The summed E-state index contributed by atoms with van der Waals surface area (Å²) < 4.78 is 5.35. The van der Waals surface area contributed by atoms with Gasteiger partial charge in [0.1, 0.15) is 6.10 Å². The lowest BCUT2D eigenvalue weighted by Crippen LogP contribution is -2.34. The second-order valence-corrected chi connectivity index (χ2v) is 5.64. The van der Waals surface area contributed by atoms with E-state index in [9.17, 15) is 15.0 Å². The molecule has 1 aliphatic heterocycles. The van der Waals surface area contributed by atoms with Crippen molar-refractivity contribution < 1.29 is 19.7 Å². The highest BCUT2D eigenvalue weighted by Gasteiger charge is 2.47. The Morgan fingerprint density at radius 3 is 2.79 bits per heavy atom. The molecule has 4 heteroatoms. The molecule has 0 spiro atoms. The van der Waals surface area contributed by atoms with Gasteiger partial charge < -0.3 is 14.9 Å². The first-order chi connectivity index (χ1) is 9.02. The Labute approximate surface area is 113 Å². The maximum atomic E-state index is 11.8. The summed E-state index contributed by atoms with van der Waals surface area (Å²) in [5.41, 5.74) is 2.27. The fourth-order valence-corrected chi connectivity index (χ4v) is 3.00.